The second-order valence-electron chi connectivity index (χ2n) is 5.94. The normalized spacial score (nSPS) is 40.5. The van der Waals surface area contributed by atoms with Crippen LogP contribution in [-0.2, 0) is 9.47 Å². The van der Waals surface area contributed by atoms with Crippen LogP contribution in [0.2, 0.25) is 0 Å². The molecule has 0 amide bonds. The van der Waals surface area contributed by atoms with E-state index in [2.05, 4.69) is 20.8 Å². The maximum Gasteiger partial charge on any atom is 0.158 e. The molecule has 0 aromatic rings. The molecule has 2 heteroatoms. The fourth-order valence-corrected chi connectivity index (χ4v) is 3.12. The molecule has 1 aliphatic heterocycles. The largest absolute Gasteiger partial charge is 0.353 e. The molecular weight excluding hydrogens is 200 g/mol. The van der Waals surface area contributed by atoms with Crippen molar-refractivity contribution in [2.24, 2.45) is 17.8 Å². The summed E-state index contributed by atoms with van der Waals surface area (Å²) in [6, 6.07) is 0. The van der Waals surface area contributed by atoms with E-state index < -0.39 is 0 Å². The monoisotopic (exact) mass is 226 g/mol. The van der Waals surface area contributed by atoms with Gasteiger partial charge in [0.2, 0.25) is 0 Å². The minimum Gasteiger partial charge on any atom is -0.353 e. The van der Waals surface area contributed by atoms with Gasteiger partial charge in [-0.2, -0.15) is 0 Å². The van der Waals surface area contributed by atoms with Crippen LogP contribution < -0.4 is 0 Å². The van der Waals surface area contributed by atoms with Crippen LogP contribution in [0.25, 0.3) is 0 Å². The van der Waals surface area contributed by atoms with Crippen LogP contribution >= 0.6 is 0 Å². The topological polar surface area (TPSA) is 18.5 Å². The Morgan fingerprint density at radius 1 is 1.19 bits per heavy atom. The van der Waals surface area contributed by atoms with Gasteiger partial charge in [0, 0.05) is 13.0 Å². The lowest BCUT2D eigenvalue weighted by molar-refractivity contribution is -0.174. The molecule has 0 spiro atoms. The molecule has 2 fully saturated rings. The zero-order valence-corrected chi connectivity index (χ0v) is 10.9. The Labute approximate surface area is 99.7 Å². The molecule has 1 heterocycles. The second kappa shape index (κ2) is 5.50. The lowest BCUT2D eigenvalue weighted by Gasteiger charge is -2.38. The van der Waals surface area contributed by atoms with Crippen LogP contribution in [-0.4, -0.2) is 19.0 Å². The van der Waals surface area contributed by atoms with Crippen molar-refractivity contribution in [1.29, 1.82) is 0 Å². The van der Waals surface area contributed by atoms with Gasteiger partial charge < -0.3 is 9.47 Å². The standard InChI is InChI=1S/C14H26O2/c1-10(2)12-7-6-11(3)9-13(12)16-14-5-4-8-15-14/h10-14H,4-9H2,1-3H3/t11-,12+,13-,14?/m0/s1. The van der Waals surface area contributed by atoms with E-state index in [4.69, 9.17) is 9.47 Å². The number of hydrogen-bond donors (Lipinski definition) is 0. The predicted octanol–water partition coefficient (Wildman–Crippen LogP) is 3.60. The van der Waals surface area contributed by atoms with Gasteiger partial charge in [0.05, 0.1) is 6.10 Å². The summed E-state index contributed by atoms with van der Waals surface area (Å²) in [5.74, 6) is 2.29. The lowest BCUT2D eigenvalue weighted by atomic mass is 9.75. The first-order valence-corrected chi connectivity index (χ1v) is 6.94. The van der Waals surface area contributed by atoms with Gasteiger partial charge in [-0.1, -0.05) is 27.2 Å². The molecule has 1 saturated carbocycles. The highest BCUT2D eigenvalue weighted by atomic mass is 16.7. The molecule has 0 aromatic heterocycles. The smallest absolute Gasteiger partial charge is 0.158 e. The average Bonchev–Trinajstić information content (AvgIpc) is 2.70. The Bertz CT molecular complexity index is 209. The Morgan fingerprint density at radius 3 is 2.62 bits per heavy atom. The summed E-state index contributed by atoms with van der Waals surface area (Å²) in [7, 11) is 0. The van der Waals surface area contributed by atoms with Gasteiger partial charge in [0.15, 0.2) is 6.29 Å². The van der Waals surface area contributed by atoms with Gasteiger partial charge in [-0.3, -0.25) is 0 Å². The summed E-state index contributed by atoms with van der Waals surface area (Å²) >= 11 is 0. The summed E-state index contributed by atoms with van der Waals surface area (Å²) in [6.45, 7) is 7.89. The molecule has 0 N–H and O–H groups in total. The minimum absolute atomic E-state index is 0.0940. The van der Waals surface area contributed by atoms with E-state index in [0.717, 1.165) is 30.8 Å². The van der Waals surface area contributed by atoms with Gasteiger partial charge in [0.1, 0.15) is 0 Å². The van der Waals surface area contributed by atoms with Crippen LogP contribution in [0.1, 0.15) is 52.9 Å². The second-order valence-corrected chi connectivity index (χ2v) is 5.94. The van der Waals surface area contributed by atoms with E-state index in [1.807, 2.05) is 0 Å². The van der Waals surface area contributed by atoms with Crippen molar-refractivity contribution in [2.75, 3.05) is 6.61 Å². The van der Waals surface area contributed by atoms with Crippen LogP contribution in [0.4, 0.5) is 0 Å². The van der Waals surface area contributed by atoms with E-state index in [-0.39, 0.29) is 6.29 Å². The molecule has 0 radical (unpaired) electrons. The van der Waals surface area contributed by atoms with E-state index in [9.17, 15) is 0 Å². The third-order valence-corrected chi connectivity index (χ3v) is 4.18. The molecule has 4 atom stereocenters. The maximum atomic E-state index is 6.17. The third-order valence-electron chi connectivity index (χ3n) is 4.18. The van der Waals surface area contributed by atoms with Crippen molar-refractivity contribution in [3.63, 3.8) is 0 Å². The summed E-state index contributed by atoms with van der Waals surface area (Å²) in [5.41, 5.74) is 0. The molecule has 1 saturated heterocycles. The number of hydrogen-bond acceptors (Lipinski definition) is 2. The van der Waals surface area contributed by atoms with Gasteiger partial charge in [0.25, 0.3) is 0 Å². The molecule has 0 aromatic carbocycles. The van der Waals surface area contributed by atoms with Gasteiger partial charge in [-0.05, 0) is 37.0 Å². The SMILES string of the molecule is CC(C)[C@H]1CC[C@H](C)C[C@@H]1OC1CCCO1. The van der Waals surface area contributed by atoms with Crippen molar-refractivity contribution in [2.45, 2.75) is 65.3 Å². The minimum atomic E-state index is 0.0940. The van der Waals surface area contributed by atoms with Crippen molar-refractivity contribution in [3.05, 3.63) is 0 Å². The van der Waals surface area contributed by atoms with E-state index >= 15 is 0 Å². The van der Waals surface area contributed by atoms with Crippen LogP contribution in [0.15, 0.2) is 0 Å². The molecule has 0 bridgehead atoms. The quantitative estimate of drug-likeness (QED) is 0.732. The van der Waals surface area contributed by atoms with Crippen molar-refractivity contribution < 1.29 is 9.47 Å². The van der Waals surface area contributed by atoms with E-state index in [1.165, 1.54) is 25.7 Å². The molecule has 1 unspecified atom stereocenters. The fraction of sp³-hybridized carbons (Fsp3) is 1.00. The first kappa shape index (κ1) is 12.4. The van der Waals surface area contributed by atoms with E-state index in [0.29, 0.717) is 6.10 Å². The zero-order chi connectivity index (χ0) is 11.5. The Hall–Kier alpha value is -0.0800. The summed E-state index contributed by atoms with van der Waals surface area (Å²) in [5, 5.41) is 0. The van der Waals surface area contributed by atoms with E-state index in [1.54, 1.807) is 0 Å². The molecule has 94 valence electrons. The third kappa shape index (κ3) is 2.98. The molecule has 16 heavy (non-hydrogen) atoms. The van der Waals surface area contributed by atoms with Gasteiger partial charge in [-0.25, -0.2) is 0 Å². The van der Waals surface area contributed by atoms with Gasteiger partial charge in [-0.15, -0.1) is 0 Å². The van der Waals surface area contributed by atoms with Crippen molar-refractivity contribution in [3.8, 4) is 0 Å². The highest BCUT2D eigenvalue weighted by Gasteiger charge is 2.33. The molecule has 2 aliphatic rings. The maximum absolute atomic E-state index is 6.17. The van der Waals surface area contributed by atoms with Crippen LogP contribution in [0.3, 0.4) is 0 Å². The van der Waals surface area contributed by atoms with Gasteiger partial charge >= 0.3 is 0 Å². The summed E-state index contributed by atoms with van der Waals surface area (Å²) < 4.78 is 11.8. The number of rotatable bonds is 3. The molecule has 2 nitrogen and oxygen atoms in total. The Kier molecular flexibility index (Phi) is 4.26. The number of ether oxygens (including phenoxy) is 2. The van der Waals surface area contributed by atoms with Crippen molar-refractivity contribution >= 4 is 0 Å². The predicted molar refractivity (Wildman–Crippen MR) is 65.2 cm³/mol. The average molecular weight is 226 g/mol. The van der Waals surface area contributed by atoms with Crippen molar-refractivity contribution in [1.82, 2.24) is 0 Å². The highest BCUT2D eigenvalue weighted by molar-refractivity contribution is 4.82. The first-order chi connectivity index (χ1) is 7.66. The van der Waals surface area contributed by atoms with Crippen LogP contribution in [0.5, 0.6) is 0 Å². The van der Waals surface area contributed by atoms with Crippen LogP contribution in [0, 0.1) is 17.8 Å². The lowest BCUT2D eigenvalue weighted by Crippen LogP contribution is -2.36. The molecule has 2 rings (SSSR count). The fourth-order valence-electron chi connectivity index (χ4n) is 3.12. The molecule has 1 aliphatic carbocycles. The first-order valence-electron chi connectivity index (χ1n) is 6.94. The summed E-state index contributed by atoms with van der Waals surface area (Å²) in [4.78, 5) is 0. The Balaban J connectivity index is 1.91. The highest BCUT2D eigenvalue weighted by Crippen LogP contribution is 2.36. The molecular formula is C14H26O2. The zero-order valence-electron chi connectivity index (χ0n) is 10.9. The Morgan fingerprint density at radius 2 is 2.00 bits per heavy atom. The summed E-state index contributed by atoms with van der Waals surface area (Å²) in [6.07, 6.45) is 6.71.